The minimum absolute atomic E-state index is 0.774. The number of hydrogen-bond acceptors (Lipinski definition) is 4. The van der Waals surface area contributed by atoms with Gasteiger partial charge in [0.25, 0.3) is 0 Å². The molecular formula is C5H3BrN4S. The fraction of sp³-hybridized carbons (Fsp3) is 0. The van der Waals surface area contributed by atoms with Crippen LogP contribution in [0.4, 0.5) is 0 Å². The molecule has 0 radical (unpaired) electrons. The van der Waals surface area contributed by atoms with E-state index in [9.17, 15) is 0 Å². The molecule has 11 heavy (non-hydrogen) atoms. The third-order valence-corrected chi connectivity index (χ3v) is 2.20. The molecular weight excluding hydrogens is 228 g/mol. The van der Waals surface area contributed by atoms with Gasteiger partial charge in [0, 0.05) is 6.20 Å². The van der Waals surface area contributed by atoms with Crippen LogP contribution in [0.15, 0.2) is 22.4 Å². The lowest BCUT2D eigenvalue weighted by Gasteiger charge is -1.88. The summed E-state index contributed by atoms with van der Waals surface area (Å²) in [5.41, 5.74) is 1.67. The van der Waals surface area contributed by atoms with Gasteiger partial charge in [-0.05, 0) is 22.0 Å². The van der Waals surface area contributed by atoms with Crippen LogP contribution in [0, 0.1) is 0 Å². The second-order valence-electron chi connectivity index (χ2n) is 1.80. The van der Waals surface area contributed by atoms with Crippen LogP contribution >= 0.6 is 27.3 Å². The average Bonchev–Trinajstić information content (AvgIpc) is 2.55. The van der Waals surface area contributed by atoms with Gasteiger partial charge in [0.15, 0.2) is 0 Å². The summed E-state index contributed by atoms with van der Waals surface area (Å²) in [5.74, 6) is 0. The summed E-state index contributed by atoms with van der Waals surface area (Å²) in [4.78, 5) is 0. The van der Waals surface area contributed by atoms with Crippen LogP contribution in [0.5, 0.6) is 0 Å². The van der Waals surface area contributed by atoms with Crippen molar-refractivity contribution < 1.29 is 0 Å². The van der Waals surface area contributed by atoms with Crippen LogP contribution < -0.4 is 0 Å². The van der Waals surface area contributed by atoms with E-state index in [4.69, 9.17) is 0 Å². The van der Waals surface area contributed by atoms with E-state index < -0.39 is 0 Å². The maximum Gasteiger partial charge on any atom is 0.232 e. The third kappa shape index (κ3) is 1.31. The highest BCUT2D eigenvalue weighted by Gasteiger charge is 2.00. The van der Waals surface area contributed by atoms with Crippen molar-refractivity contribution in [3.8, 4) is 5.13 Å². The van der Waals surface area contributed by atoms with Gasteiger partial charge in [-0.3, -0.25) is 0 Å². The second-order valence-corrected chi connectivity index (χ2v) is 3.43. The van der Waals surface area contributed by atoms with Crippen molar-refractivity contribution in [2.24, 2.45) is 0 Å². The first-order chi connectivity index (χ1) is 5.36. The van der Waals surface area contributed by atoms with Crippen LogP contribution in [0.2, 0.25) is 0 Å². The van der Waals surface area contributed by atoms with Crippen molar-refractivity contribution in [2.75, 3.05) is 0 Å². The summed E-state index contributed by atoms with van der Waals surface area (Å²) in [5, 5.41) is 12.4. The fourth-order valence-corrected chi connectivity index (χ4v) is 1.46. The first-order valence-electron chi connectivity index (χ1n) is 2.84. The van der Waals surface area contributed by atoms with Gasteiger partial charge in [-0.15, -0.1) is 10.2 Å². The predicted molar refractivity (Wildman–Crippen MR) is 44.7 cm³/mol. The van der Waals surface area contributed by atoms with Gasteiger partial charge in [0.1, 0.15) is 10.1 Å². The minimum atomic E-state index is 0.774. The molecule has 0 fully saturated rings. The van der Waals surface area contributed by atoms with Crippen LogP contribution in [0.3, 0.4) is 0 Å². The number of nitrogens with zero attached hydrogens (tertiary/aromatic N) is 4. The number of rotatable bonds is 1. The first kappa shape index (κ1) is 6.93. The lowest BCUT2D eigenvalue weighted by atomic mass is 10.8. The quantitative estimate of drug-likeness (QED) is 0.746. The van der Waals surface area contributed by atoms with Gasteiger partial charge in [0.2, 0.25) is 5.13 Å². The monoisotopic (exact) mass is 230 g/mol. The maximum atomic E-state index is 4.09. The van der Waals surface area contributed by atoms with Gasteiger partial charge >= 0.3 is 0 Å². The van der Waals surface area contributed by atoms with Crippen molar-refractivity contribution in [2.45, 2.75) is 0 Å². The highest BCUT2D eigenvalue weighted by molar-refractivity contribution is 9.10. The molecule has 0 aliphatic carbocycles. The van der Waals surface area contributed by atoms with Crippen molar-refractivity contribution >= 4 is 27.3 Å². The van der Waals surface area contributed by atoms with E-state index >= 15 is 0 Å². The molecule has 2 aromatic heterocycles. The summed E-state index contributed by atoms with van der Waals surface area (Å²) in [6.45, 7) is 0. The third-order valence-electron chi connectivity index (χ3n) is 1.10. The summed E-state index contributed by atoms with van der Waals surface area (Å²) in [7, 11) is 0. The van der Waals surface area contributed by atoms with Crippen molar-refractivity contribution in [3.05, 3.63) is 22.4 Å². The molecule has 56 valence electrons. The Bertz CT molecular complexity index is 341. The van der Waals surface area contributed by atoms with Gasteiger partial charge in [-0.2, -0.15) is 5.10 Å². The highest BCUT2D eigenvalue weighted by atomic mass is 79.9. The molecule has 2 rings (SSSR count). The topological polar surface area (TPSA) is 43.6 Å². The van der Waals surface area contributed by atoms with Crippen LogP contribution in [0.1, 0.15) is 0 Å². The zero-order valence-corrected chi connectivity index (χ0v) is 7.71. The largest absolute Gasteiger partial charge is 0.232 e. The van der Waals surface area contributed by atoms with E-state index in [-0.39, 0.29) is 0 Å². The summed E-state index contributed by atoms with van der Waals surface area (Å²) < 4.78 is 2.47. The molecule has 0 saturated carbocycles. The SMILES string of the molecule is Brc1ccn(-c2nncs2)n1. The summed E-state index contributed by atoms with van der Waals surface area (Å²) >= 11 is 4.69. The number of aromatic nitrogens is 4. The molecule has 2 heterocycles. The highest BCUT2D eigenvalue weighted by Crippen LogP contribution is 2.11. The minimum Gasteiger partial charge on any atom is -0.211 e. The van der Waals surface area contributed by atoms with Gasteiger partial charge in [-0.25, -0.2) is 4.68 Å². The molecule has 2 aromatic rings. The Kier molecular flexibility index (Phi) is 1.71. The van der Waals surface area contributed by atoms with Crippen LogP contribution in [-0.4, -0.2) is 20.0 Å². The number of halogens is 1. The van der Waals surface area contributed by atoms with E-state index in [0.717, 1.165) is 9.73 Å². The fourth-order valence-electron chi connectivity index (χ4n) is 0.675. The number of hydrogen-bond donors (Lipinski definition) is 0. The molecule has 0 aromatic carbocycles. The lowest BCUT2D eigenvalue weighted by molar-refractivity contribution is 0.839. The van der Waals surface area contributed by atoms with Crippen molar-refractivity contribution in [3.63, 3.8) is 0 Å². The zero-order chi connectivity index (χ0) is 7.68. The average molecular weight is 231 g/mol. The molecule has 0 unspecified atom stereocenters. The predicted octanol–water partition coefficient (Wildman–Crippen LogP) is 1.49. The molecule has 0 aliphatic rings. The van der Waals surface area contributed by atoms with Crippen molar-refractivity contribution in [1.29, 1.82) is 0 Å². The van der Waals surface area contributed by atoms with Gasteiger partial charge in [-0.1, -0.05) is 11.3 Å². The van der Waals surface area contributed by atoms with Crippen LogP contribution in [-0.2, 0) is 0 Å². The van der Waals surface area contributed by atoms with Crippen LogP contribution in [0.25, 0.3) is 5.13 Å². The second kappa shape index (κ2) is 2.71. The summed E-state index contributed by atoms with van der Waals surface area (Å²) in [6.07, 6.45) is 1.82. The molecule has 0 spiro atoms. The van der Waals surface area contributed by atoms with Gasteiger partial charge in [0.05, 0.1) is 0 Å². The molecule has 6 heteroatoms. The molecule has 0 aliphatic heterocycles. The Morgan fingerprint density at radius 1 is 1.55 bits per heavy atom. The zero-order valence-electron chi connectivity index (χ0n) is 5.31. The molecule has 4 nitrogen and oxygen atoms in total. The molecule has 0 saturated heterocycles. The Hall–Kier alpha value is -0.750. The van der Waals surface area contributed by atoms with E-state index in [1.807, 2.05) is 12.3 Å². The lowest BCUT2D eigenvalue weighted by Crippen LogP contribution is -1.92. The molecule has 0 bridgehead atoms. The smallest absolute Gasteiger partial charge is 0.211 e. The standard InChI is InChI=1S/C5H3BrN4S/c6-4-1-2-10(9-4)5-8-7-3-11-5/h1-3H. The Labute approximate surface area is 75.0 Å². The molecule has 0 N–H and O–H groups in total. The van der Waals surface area contributed by atoms with Gasteiger partial charge < -0.3 is 0 Å². The Balaban J connectivity index is 2.45. The van der Waals surface area contributed by atoms with Crippen molar-refractivity contribution in [1.82, 2.24) is 20.0 Å². The molecule has 0 atom stereocenters. The van der Waals surface area contributed by atoms with E-state index in [1.54, 1.807) is 10.2 Å². The normalized spacial score (nSPS) is 10.3. The van der Waals surface area contributed by atoms with E-state index in [2.05, 4.69) is 31.2 Å². The molecule has 0 amide bonds. The maximum absolute atomic E-state index is 4.09. The van der Waals surface area contributed by atoms with E-state index in [0.29, 0.717) is 0 Å². The first-order valence-corrected chi connectivity index (χ1v) is 4.51. The Morgan fingerprint density at radius 2 is 2.45 bits per heavy atom. The van der Waals surface area contributed by atoms with E-state index in [1.165, 1.54) is 11.3 Å². The Morgan fingerprint density at radius 3 is 3.00 bits per heavy atom. The summed E-state index contributed by atoms with van der Waals surface area (Å²) in [6, 6.07) is 1.85.